The van der Waals surface area contributed by atoms with Crippen molar-refractivity contribution in [1.29, 1.82) is 0 Å². The molecule has 2 fully saturated rings. The van der Waals surface area contributed by atoms with E-state index in [4.69, 9.17) is 0 Å². The molecule has 9 heteroatoms. The number of rotatable bonds is 8. The van der Waals surface area contributed by atoms with Gasteiger partial charge in [-0.05, 0) is 61.9 Å². The lowest BCUT2D eigenvalue weighted by atomic mass is 9.96. The van der Waals surface area contributed by atoms with E-state index in [0.29, 0.717) is 44.6 Å². The molecule has 0 spiro atoms. The van der Waals surface area contributed by atoms with E-state index in [1.807, 2.05) is 25.2 Å². The lowest BCUT2D eigenvalue weighted by Gasteiger charge is -2.32. The van der Waals surface area contributed by atoms with Gasteiger partial charge in [-0.2, -0.15) is 4.31 Å². The van der Waals surface area contributed by atoms with Crippen molar-refractivity contribution in [3.63, 3.8) is 0 Å². The number of halogens is 1. The Hall–Kier alpha value is -2.33. The van der Waals surface area contributed by atoms with E-state index in [1.54, 1.807) is 4.90 Å². The number of benzene rings is 2. The highest BCUT2D eigenvalue weighted by molar-refractivity contribution is 7.89. The molecule has 0 saturated carbocycles. The van der Waals surface area contributed by atoms with Crippen LogP contribution in [0.4, 0.5) is 4.39 Å². The number of nitrogens with one attached hydrogen (secondary N) is 2. The Morgan fingerprint density at radius 1 is 1.06 bits per heavy atom. The van der Waals surface area contributed by atoms with Gasteiger partial charge in [-0.3, -0.25) is 15.6 Å². The molecule has 0 aliphatic carbocycles. The van der Waals surface area contributed by atoms with Gasteiger partial charge < -0.3 is 4.90 Å². The number of nitrogens with zero attached hydrogens (tertiary/aromatic N) is 2. The normalized spacial score (nSPS) is 22.1. The molecule has 2 N–H and O–H groups in total. The van der Waals surface area contributed by atoms with Gasteiger partial charge in [0.2, 0.25) is 15.9 Å². The lowest BCUT2D eigenvalue weighted by Crippen LogP contribution is -2.43. The highest BCUT2D eigenvalue weighted by Gasteiger charge is 2.33. The first-order chi connectivity index (χ1) is 16.3. The lowest BCUT2D eigenvalue weighted by molar-refractivity contribution is -0.135. The molecule has 4 rings (SSSR count). The number of hydrogen-bond acceptors (Lipinski definition) is 5. The molecule has 34 heavy (non-hydrogen) atoms. The minimum atomic E-state index is -3.67. The second-order valence-electron chi connectivity index (χ2n) is 9.22. The fraction of sp³-hybridized carbons (Fsp3) is 0.480. The maximum absolute atomic E-state index is 13.1. The zero-order valence-corrected chi connectivity index (χ0v) is 20.3. The molecule has 2 saturated heterocycles. The quantitative estimate of drug-likeness (QED) is 0.597. The zero-order valence-electron chi connectivity index (χ0n) is 19.5. The van der Waals surface area contributed by atoms with Gasteiger partial charge in [0.25, 0.3) is 0 Å². The molecule has 1 amide bonds. The molecule has 184 valence electrons. The minimum absolute atomic E-state index is 0.0819. The monoisotopic (exact) mass is 488 g/mol. The maximum Gasteiger partial charge on any atom is 0.243 e. The summed E-state index contributed by atoms with van der Waals surface area (Å²) in [5.74, 6) is -0.556. The molecule has 0 radical (unpaired) electrons. The number of hydrogen-bond donors (Lipinski definition) is 2. The summed E-state index contributed by atoms with van der Waals surface area (Å²) in [6, 6.07) is 15.9. The predicted molar refractivity (Wildman–Crippen MR) is 129 cm³/mol. The van der Waals surface area contributed by atoms with E-state index in [-0.39, 0.29) is 16.7 Å². The summed E-state index contributed by atoms with van der Waals surface area (Å²) in [7, 11) is -1.84. The Morgan fingerprint density at radius 2 is 1.74 bits per heavy atom. The summed E-state index contributed by atoms with van der Waals surface area (Å²) >= 11 is 0. The molecule has 0 bridgehead atoms. The number of hydrazine groups is 1. The number of amides is 1. The van der Waals surface area contributed by atoms with Crippen LogP contribution in [0.2, 0.25) is 0 Å². The van der Waals surface area contributed by atoms with Crippen LogP contribution in [0.25, 0.3) is 0 Å². The first-order valence-corrected chi connectivity index (χ1v) is 13.4. The van der Waals surface area contributed by atoms with E-state index < -0.39 is 15.8 Å². The third-order valence-corrected chi connectivity index (χ3v) is 8.77. The molecule has 2 aromatic carbocycles. The van der Waals surface area contributed by atoms with Crippen molar-refractivity contribution >= 4 is 15.9 Å². The summed E-state index contributed by atoms with van der Waals surface area (Å²) in [6.45, 7) is 1.27. The number of piperidine rings is 1. The Morgan fingerprint density at radius 3 is 2.41 bits per heavy atom. The van der Waals surface area contributed by atoms with E-state index in [2.05, 4.69) is 23.0 Å². The topological polar surface area (TPSA) is 81.8 Å². The van der Waals surface area contributed by atoms with Crippen molar-refractivity contribution in [3.8, 4) is 0 Å². The van der Waals surface area contributed by atoms with Crippen molar-refractivity contribution in [2.45, 2.75) is 49.1 Å². The summed E-state index contributed by atoms with van der Waals surface area (Å²) in [5.41, 5.74) is 8.01. The smallest absolute Gasteiger partial charge is 0.243 e. The van der Waals surface area contributed by atoms with Crippen molar-refractivity contribution in [3.05, 3.63) is 66.0 Å². The molecule has 0 aromatic heterocycles. The predicted octanol–water partition coefficient (Wildman–Crippen LogP) is 3.07. The average Bonchev–Trinajstić information content (AvgIpc) is 3.33. The van der Waals surface area contributed by atoms with Crippen LogP contribution < -0.4 is 10.9 Å². The van der Waals surface area contributed by atoms with Crippen LogP contribution in [0.3, 0.4) is 0 Å². The van der Waals surface area contributed by atoms with Crippen LogP contribution in [0, 0.1) is 11.7 Å². The largest absolute Gasteiger partial charge is 0.346 e. The summed E-state index contributed by atoms with van der Waals surface area (Å²) in [6.07, 6.45) is 3.89. The summed E-state index contributed by atoms with van der Waals surface area (Å²) < 4.78 is 40.1. The molecule has 2 heterocycles. The molecule has 2 atom stereocenters. The van der Waals surface area contributed by atoms with Gasteiger partial charge in [0.15, 0.2) is 0 Å². The molecule has 7 nitrogen and oxygen atoms in total. The van der Waals surface area contributed by atoms with Crippen LogP contribution >= 0.6 is 0 Å². The number of carbonyl (C=O) groups is 1. The molecule has 2 unspecified atom stereocenters. The number of carbonyl (C=O) groups excluding carboxylic acids is 1. The Bertz CT molecular complexity index is 1060. The molecule has 2 aromatic rings. The Labute approximate surface area is 201 Å². The third-order valence-electron chi connectivity index (χ3n) is 6.86. The fourth-order valence-corrected chi connectivity index (χ4v) is 6.28. The molecule has 2 aliphatic rings. The van der Waals surface area contributed by atoms with Crippen LogP contribution in [-0.2, 0) is 14.8 Å². The van der Waals surface area contributed by atoms with Crippen LogP contribution in [-0.4, -0.2) is 56.3 Å². The van der Waals surface area contributed by atoms with Crippen LogP contribution in [0.15, 0.2) is 59.5 Å². The average molecular weight is 489 g/mol. The maximum atomic E-state index is 13.1. The van der Waals surface area contributed by atoms with Crippen molar-refractivity contribution in [1.82, 2.24) is 20.1 Å². The van der Waals surface area contributed by atoms with Crippen LogP contribution in [0.5, 0.6) is 0 Å². The van der Waals surface area contributed by atoms with Gasteiger partial charge in [0.05, 0.1) is 4.90 Å². The zero-order chi connectivity index (χ0) is 24.1. The van der Waals surface area contributed by atoms with E-state index >= 15 is 0 Å². The first kappa shape index (κ1) is 24.8. The number of sulfonamides is 1. The molecular weight excluding hydrogens is 455 g/mol. The van der Waals surface area contributed by atoms with E-state index in [9.17, 15) is 17.6 Å². The Balaban J connectivity index is 1.19. The van der Waals surface area contributed by atoms with Crippen molar-refractivity contribution < 1.29 is 17.6 Å². The fourth-order valence-electron chi connectivity index (χ4n) is 4.81. The molecular formula is C25H33FN4O3S. The van der Waals surface area contributed by atoms with E-state index in [0.717, 1.165) is 31.4 Å². The second kappa shape index (κ2) is 10.9. The van der Waals surface area contributed by atoms with Gasteiger partial charge in [-0.1, -0.05) is 30.3 Å². The first-order valence-electron chi connectivity index (χ1n) is 11.9. The van der Waals surface area contributed by atoms with Gasteiger partial charge in [0, 0.05) is 44.7 Å². The second-order valence-corrected chi connectivity index (χ2v) is 11.2. The van der Waals surface area contributed by atoms with Crippen molar-refractivity contribution in [2.24, 2.45) is 5.92 Å². The van der Waals surface area contributed by atoms with Gasteiger partial charge in [-0.15, -0.1) is 0 Å². The SMILES string of the molecule is CN(CCCC1CC(c2ccccc2)NN1)C(=O)C1CCN(S(=O)(=O)c2ccc(F)cc2)CC1. The van der Waals surface area contributed by atoms with E-state index in [1.165, 1.54) is 22.0 Å². The highest BCUT2D eigenvalue weighted by Crippen LogP contribution is 2.26. The van der Waals surface area contributed by atoms with Gasteiger partial charge in [0.1, 0.15) is 5.82 Å². The molecule has 2 aliphatic heterocycles. The third kappa shape index (κ3) is 5.83. The standard InChI is InChI=1S/C25H33FN4O3S/c1-29(15-5-8-22-18-24(28-27-22)19-6-3-2-4-7-19)25(31)20-13-16-30(17-14-20)34(32,33)23-11-9-21(26)10-12-23/h2-4,6-7,9-12,20,22,24,27-28H,5,8,13-18H2,1H3. The van der Waals surface area contributed by atoms with Crippen LogP contribution in [0.1, 0.15) is 43.7 Å². The summed E-state index contributed by atoms with van der Waals surface area (Å²) in [5, 5.41) is 0. The Kier molecular flexibility index (Phi) is 7.98. The van der Waals surface area contributed by atoms with Gasteiger partial charge >= 0.3 is 0 Å². The highest BCUT2D eigenvalue weighted by atomic mass is 32.2. The van der Waals surface area contributed by atoms with Gasteiger partial charge in [-0.25, -0.2) is 12.8 Å². The summed E-state index contributed by atoms with van der Waals surface area (Å²) in [4.78, 5) is 14.8. The van der Waals surface area contributed by atoms with Crippen molar-refractivity contribution in [2.75, 3.05) is 26.7 Å². The minimum Gasteiger partial charge on any atom is -0.346 e.